The van der Waals surface area contributed by atoms with E-state index in [-0.39, 0.29) is 11.4 Å². The summed E-state index contributed by atoms with van der Waals surface area (Å²) in [7, 11) is -0.698. The number of aldehydes is 1. The van der Waals surface area contributed by atoms with Crippen LogP contribution in [0.4, 0.5) is 0 Å². The van der Waals surface area contributed by atoms with Crippen molar-refractivity contribution in [3.05, 3.63) is 18.0 Å². The largest absolute Gasteiger partial charge is 0.507 e. The van der Waals surface area contributed by atoms with Gasteiger partial charge in [-0.1, -0.05) is 0 Å². The van der Waals surface area contributed by atoms with Gasteiger partial charge in [0.1, 0.15) is 11.4 Å². The fraction of sp³-hybridized carbons (Fsp3) is 0.500. The average Bonchev–Trinajstić information content (AvgIpc) is 2.48. The molecule has 2 heterocycles. The smallest absolute Gasteiger partial charge is 0.498 e. The first-order valence-electron chi connectivity index (χ1n) is 5.76. The Morgan fingerprint density at radius 3 is 2.33 bits per heavy atom. The number of carbonyl (C=O) groups excluding carboxylic acids is 1. The minimum absolute atomic E-state index is 0.0425. The molecule has 1 fully saturated rings. The molecular weight excluding hydrogens is 233 g/mol. The molecule has 1 saturated heterocycles. The zero-order valence-electron chi connectivity index (χ0n) is 10.9. The van der Waals surface area contributed by atoms with Crippen LogP contribution in [0.2, 0.25) is 0 Å². The number of aromatic nitrogens is 1. The lowest BCUT2D eigenvalue weighted by Crippen LogP contribution is -2.41. The second kappa shape index (κ2) is 4.07. The number of hydrogen-bond donors (Lipinski definition) is 1. The second-order valence-electron chi connectivity index (χ2n) is 5.37. The Balaban J connectivity index is 2.37. The molecule has 1 aromatic heterocycles. The van der Waals surface area contributed by atoms with Gasteiger partial charge in [0, 0.05) is 5.46 Å². The summed E-state index contributed by atoms with van der Waals surface area (Å²) in [5.41, 5.74) is -0.327. The molecule has 0 aromatic carbocycles. The number of aromatic hydroxyl groups is 1. The van der Waals surface area contributed by atoms with Crippen LogP contribution < -0.4 is 5.46 Å². The van der Waals surface area contributed by atoms with Crippen molar-refractivity contribution in [2.45, 2.75) is 38.9 Å². The van der Waals surface area contributed by atoms with E-state index in [1.165, 1.54) is 12.3 Å². The number of carbonyl (C=O) groups is 1. The lowest BCUT2D eigenvalue weighted by Gasteiger charge is -2.32. The number of nitrogens with zero attached hydrogens (tertiary/aromatic N) is 1. The molecule has 0 unspecified atom stereocenters. The van der Waals surface area contributed by atoms with Crippen LogP contribution >= 0.6 is 0 Å². The Labute approximate surface area is 106 Å². The molecule has 1 N–H and O–H groups in total. The van der Waals surface area contributed by atoms with Gasteiger partial charge in [0.05, 0.1) is 17.4 Å². The summed E-state index contributed by atoms with van der Waals surface area (Å²) in [4.78, 5) is 14.5. The van der Waals surface area contributed by atoms with E-state index >= 15 is 0 Å². The molecule has 0 aliphatic carbocycles. The first-order valence-corrected chi connectivity index (χ1v) is 5.76. The van der Waals surface area contributed by atoms with E-state index in [1.54, 1.807) is 0 Å². The van der Waals surface area contributed by atoms with Crippen molar-refractivity contribution >= 4 is 18.9 Å². The third-order valence-corrected chi connectivity index (χ3v) is 3.56. The summed E-state index contributed by atoms with van der Waals surface area (Å²) in [6.45, 7) is 7.69. The Hall–Kier alpha value is -1.40. The minimum atomic E-state index is -0.698. The maximum atomic E-state index is 10.7. The molecule has 0 radical (unpaired) electrons. The molecule has 0 saturated carbocycles. The molecule has 96 valence electrons. The highest BCUT2D eigenvalue weighted by atomic mass is 16.7. The van der Waals surface area contributed by atoms with Gasteiger partial charge in [0.25, 0.3) is 0 Å². The molecule has 0 bridgehead atoms. The van der Waals surface area contributed by atoms with Crippen molar-refractivity contribution in [1.29, 1.82) is 0 Å². The van der Waals surface area contributed by atoms with E-state index in [0.717, 1.165) is 0 Å². The highest BCUT2D eigenvalue weighted by Crippen LogP contribution is 2.37. The van der Waals surface area contributed by atoms with Gasteiger partial charge in [-0.3, -0.25) is 4.79 Å². The molecular formula is C12H16BNO4. The van der Waals surface area contributed by atoms with Gasteiger partial charge in [-0.05, 0) is 33.8 Å². The van der Waals surface area contributed by atoms with Crippen molar-refractivity contribution in [3.63, 3.8) is 0 Å². The quantitative estimate of drug-likeness (QED) is 0.622. The van der Waals surface area contributed by atoms with E-state index in [4.69, 9.17) is 9.31 Å². The van der Waals surface area contributed by atoms with Gasteiger partial charge in [-0.25, -0.2) is 4.98 Å². The van der Waals surface area contributed by atoms with Gasteiger partial charge < -0.3 is 14.4 Å². The van der Waals surface area contributed by atoms with Crippen LogP contribution in [0.25, 0.3) is 0 Å². The molecule has 2 rings (SSSR count). The van der Waals surface area contributed by atoms with Gasteiger partial charge in [0.15, 0.2) is 6.29 Å². The van der Waals surface area contributed by atoms with E-state index in [0.29, 0.717) is 11.7 Å². The third-order valence-electron chi connectivity index (χ3n) is 3.56. The summed E-state index contributed by atoms with van der Waals surface area (Å²) in [5, 5.41) is 9.79. The van der Waals surface area contributed by atoms with Gasteiger partial charge >= 0.3 is 7.12 Å². The molecule has 1 aliphatic rings. The molecule has 5 nitrogen and oxygen atoms in total. The van der Waals surface area contributed by atoms with Crippen molar-refractivity contribution in [1.82, 2.24) is 4.98 Å². The van der Waals surface area contributed by atoms with Gasteiger partial charge in [0.2, 0.25) is 0 Å². The highest BCUT2D eigenvalue weighted by Gasteiger charge is 2.52. The predicted molar refractivity (Wildman–Crippen MR) is 67.0 cm³/mol. The zero-order chi connectivity index (χ0) is 13.6. The number of hydrogen-bond acceptors (Lipinski definition) is 5. The lowest BCUT2D eigenvalue weighted by molar-refractivity contribution is 0.00578. The molecule has 0 amide bonds. The third kappa shape index (κ3) is 2.02. The summed E-state index contributed by atoms with van der Waals surface area (Å²) in [6.07, 6.45) is 1.85. The van der Waals surface area contributed by atoms with Gasteiger partial charge in [-0.2, -0.15) is 0 Å². The van der Waals surface area contributed by atoms with Crippen molar-refractivity contribution in [2.24, 2.45) is 0 Å². The Morgan fingerprint density at radius 2 is 1.83 bits per heavy atom. The molecule has 1 aromatic rings. The van der Waals surface area contributed by atoms with Crippen LogP contribution in [0.5, 0.6) is 5.75 Å². The average molecular weight is 249 g/mol. The first kappa shape index (κ1) is 13.0. The fourth-order valence-electron chi connectivity index (χ4n) is 1.70. The maximum absolute atomic E-state index is 10.7. The fourth-order valence-corrected chi connectivity index (χ4v) is 1.70. The highest BCUT2D eigenvalue weighted by molar-refractivity contribution is 6.63. The normalized spacial score (nSPS) is 21.0. The molecule has 18 heavy (non-hydrogen) atoms. The minimum Gasteiger partial charge on any atom is -0.507 e. The zero-order valence-corrected chi connectivity index (χ0v) is 10.9. The summed E-state index contributed by atoms with van der Waals surface area (Å²) in [6, 6.07) is 1.48. The predicted octanol–water partition coefficient (Wildman–Crippen LogP) is 0.899. The second-order valence-corrected chi connectivity index (χ2v) is 5.37. The van der Waals surface area contributed by atoms with Crippen LogP contribution in [-0.4, -0.2) is 34.7 Å². The van der Waals surface area contributed by atoms with E-state index < -0.39 is 18.3 Å². The van der Waals surface area contributed by atoms with E-state index in [1.807, 2.05) is 27.7 Å². The lowest BCUT2D eigenvalue weighted by atomic mass is 9.78. The van der Waals surface area contributed by atoms with Crippen molar-refractivity contribution < 1.29 is 19.2 Å². The first-order chi connectivity index (χ1) is 8.27. The number of rotatable bonds is 2. The topological polar surface area (TPSA) is 68.7 Å². The number of pyridine rings is 1. The van der Waals surface area contributed by atoms with Crippen LogP contribution in [0.3, 0.4) is 0 Å². The summed E-state index contributed by atoms with van der Waals surface area (Å²) < 4.78 is 11.6. The monoisotopic (exact) mass is 249 g/mol. The summed E-state index contributed by atoms with van der Waals surface area (Å²) >= 11 is 0. The van der Waals surface area contributed by atoms with Crippen molar-refractivity contribution in [2.75, 3.05) is 0 Å². The Bertz CT molecular complexity index is 471. The van der Waals surface area contributed by atoms with E-state index in [2.05, 4.69) is 4.98 Å². The van der Waals surface area contributed by atoms with Crippen LogP contribution in [0.15, 0.2) is 12.3 Å². The SMILES string of the molecule is CC1(C)OB(c2cc(C=O)ncc2O)OC1(C)C. The van der Waals surface area contributed by atoms with Gasteiger partial charge in [-0.15, -0.1) is 0 Å². The van der Waals surface area contributed by atoms with Crippen LogP contribution in [0.1, 0.15) is 38.2 Å². The molecule has 6 heteroatoms. The van der Waals surface area contributed by atoms with Crippen LogP contribution in [-0.2, 0) is 9.31 Å². The molecule has 0 atom stereocenters. The van der Waals surface area contributed by atoms with Crippen LogP contribution in [0, 0.1) is 0 Å². The maximum Gasteiger partial charge on any atom is 0.498 e. The van der Waals surface area contributed by atoms with E-state index in [9.17, 15) is 9.90 Å². The standard InChI is InChI=1S/C12H16BNO4/c1-11(2)12(3,4)18-13(17-11)9-5-8(7-15)14-6-10(9)16/h5-7,16H,1-4H3. The Kier molecular flexibility index (Phi) is 2.95. The Morgan fingerprint density at radius 1 is 1.28 bits per heavy atom. The van der Waals surface area contributed by atoms with Crippen molar-refractivity contribution in [3.8, 4) is 5.75 Å². The molecule has 1 aliphatic heterocycles. The molecule has 0 spiro atoms. The summed E-state index contributed by atoms with van der Waals surface area (Å²) in [5.74, 6) is -0.0425.